The fraction of sp³-hybridized carbons (Fsp3) is 0.500. The third-order valence-corrected chi connectivity index (χ3v) is 3.06. The molecule has 1 aromatic carbocycles. The molecule has 98 valence electrons. The summed E-state index contributed by atoms with van der Waals surface area (Å²) in [7, 11) is 0. The van der Waals surface area contributed by atoms with Crippen LogP contribution in [-0.2, 0) is 6.42 Å². The number of carbonyl (C=O) groups excluding carboxylic acids is 1. The Morgan fingerprint density at radius 1 is 1.50 bits per heavy atom. The smallest absolute Gasteiger partial charge is 0.252 e. The molecule has 0 saturated heterocycles. The van der Waals surface area contributed by atoms with Crippen molar-refractivity contribution in [1.29, 1.82) is 0 Å². The van der Waals surface area contributed by atoms with E-state index in [1.807, 2.05) is 19.9 Å². The molecule has 1 saturated carbocycles. The molecule has 1 aliphatic carbocycles. The van der Waals surface area contributed by atoms with Crippen LogP contribution >= 0.6 is 0 Å². The van der Waals surface area contributed by atoms with Crippen molar-refractivity contribution in [3.8, 4) is 5.75 Å². The van der Waals surface area contributed by atoms with Gasteiger partial charge in [0.2, 0.25) is 0 Å². The van der Waals surface area contributed by atoms with Gasteiger partial charge in [0.05, 0.1) is 17.3 Å². The average molecular weight is 249 g/mol. The van der Waals surface area contributed by atoms with E-state index in [4.69, 9.17) is 10.5 Å². The fourth-order valence-corrected chi connectivity index (χ4v) is 1.97. The molecule has 0 bridgehead atoms. The fourth-order valence-electron chi connectivity index (χ4n) is 1.97. The predicted octanol–water partition coefficient (Wildman–Crippen LogP) is 1.64. The van der Waals surface area contributed by atoms with E-state index in [1.54, 1.807) is 12.1 Å². The number of para-hydroxylation sites is 1. The van der Waals surface area contributed by atoms with Gasteiger partial charge in [-0.1, -0.05) is 12.1 Å². The van der Waals surface area contributed by atoms with E-state index in [1.165, 1.54) is 0 Å². The van der Waals surface area contributed by atoms with Gasteiger partial charge in [-0.05, 0) is 38.3 Å². The first kappa shape index (κ1) is 12.9. The van der Waals surface area contributed by atoms with Crippen LogP contribution in [0, 0.1) is 0 Å². The second kappa shape index (κ2) is 4.61. The number of hydrogen-bond acceptors (Lipinski definition) is 3. The molecule has 4 heteroatoms. The zero-order chi connectivity index (χ0) is 13.3. The van der Waals surface area contributed by atoms with Gasteiger partial charge >= 0.3 is 0 Å². The van der Waals surface area contributed by atoms with Crippen LogP contribution in [0.5, 0.6) is 5.75 Å². The van der Waals surface area contributed by atoms with Crippen LogP contribution in [0.15, 0.2) is 18.2 Å². The zero-order valence-corrected chi connectivity index (χ0v) is 10.8. The molecular weight excluding hydrogens is 230 g/mol. The monoisotopic (exact) mass is 249 g/mol. The van der Waals surface area contributed by atoms with Gasteiger partial charge in [-0.2, -0.15) is 0 Å². The van der Waals surface area contributed by atoms with E-state index in [0.29, 0.717) is 17.7 Å². The number of nitrogens with two attached hydrogens (primary N) is 1. The number of aliphatic hydroxyl groups is 1. The van der Waals surface area contributed by atoms with Crippen molar-refractivity contribution >= 4 is 5.91 Å². The van der Waals surface area contributed by atoms with Crippen LogP contribution in [-0.4, -0.2) is 22.7 Å². The van der Waals surface area contributed by atoms with Crippen molar-refractivity contribution in [2.24, 2.45) is 5.73 Å². The van der Waals surface area contributed by atoms with Gasteiger partial charge in [0.15, 0.2) is 0 Å². The molecule has 3 N–H and O–H groups in total. The lowest BCUT2D eigenvalue weighted by Gasteiger charge is -2.18. The highest BCUT2D eigenvalue weighted by Crippen LogP contribution is 2.40. The lowest BCUT2D eigenvalue weighted by Crippen LogP contribution is -2.19. The maximum atomic E-state index is 11.4. The topological polar surface area (TPSA) is 72.6 Å². The Morgan fingerprint density at radius 3 is 2.67 bits per heavy atom. The van der Waals surface area contributed by atoms with Crippen molar-refractivity contribution in [2.75, 3.05) is 0 Å². The lowest BCUT2D eigenvalue weighted by atomic mass is 10.0. The quantitative estimate of drug-likeness (QED) is 0.833. The summed E-state index contributed by atoms with van der Waals surface area (Å²) in [6.45, 7) is 3.79. The van der Waals surface area contributed by atoms with Gasteiger partial charge in [-0.25, -0.2) is 0 Å². The van der Waals surface area contributed by atoms with Crippen LogP contribution in [0.1, 0.15) is 42.6 Å². The Hall–Kier alpha value is -1.55. The summed E-state index contributed by atoms with van der Waals surface area (Å²) < 4.78 is 5.70. The molecule has 0 aliphatic heterocycles. The molecule has 18 heavy (non-hydrogen) atoms. The Kier molecular flexibility index (Phi) is 3.30. The number of hydrogen-bond donors (Lipinski definition) is 2. The molecule has 4 nitrogen and oxygen atoms in total. The van der Waals surface area contributed by atoms with Crippen molar-refractivity contribution in [3.05, 3.63) is 29.3 Å². The number of primary amides is 1. The summed E-state index contributed by atoms with van der Waals surface area (Å²) in [5.74, 6) is 0.00983. The summed E-state index contributed by atoms with van der Waals surface area (Å²) in [6, 6.07) is 5.30. The summed E-state index contributed by atoms with van der Waals surface area (Å²) in [6.07, 6.45) is 2.07. The summed E-state index contributed by atoms with van der Waals surface area (Å²) in [5.41, 5.74) is 5.96. The first-order chi connectivity index (χ1) is 8.41. The van der Waals surface area contributed by atoms with Crippen LogP contribution in [0.25, 0.3) is 0 Å². The Morgan fingerprint density at radius 2 is 2.17 bits per heavy atom. The van der Waals surface area contributed by atoms with Crippen LogP contribution in [0.3, 0.4) is 0 Å². The van der Waals surface area contributed by atoms with Gasteiger partial charge in [0.1, 0.15) is 5.75 Å². The van der Waals surface area contributed by atoms with Crippen molar-refractivity contribution in [1.82, 2.24) is 0 Å². The second-order valence-corrected chi connectivity index (χ2v) is 5.23. The van der Waals surface area contributed by atoms with E-state index >= 15 is 0 Å². The molecule has 2 rings (SSSR count). The maximum Gasteiger partial charge on any atom is 0.252 e. The van der Waals surface area contributed by atoms with E-state index in [9.17, 15) is 9.90 Å². The molecule has 1 fully saturated rings. The predicted molar refractivity (Wildman–Crippen MR) is 68.6 cm³/mol. The highest BCUT2D eigenvalue weighted by Gasteiger charge is 2.41. The van der Waals surface area contributed by atoms with Crippen LogP contribution in [0.4, 0.5) is 0 Å². The standard InChI is InChI=1S/C14H19NO3/c1-9(2)18-12-10(8-14(17)6-7-14)4-3-5-11(12)13(15)16/h3-5,9,17H,6-8H2,1-2H3,(H2,15,16). The normalized spacial score (nSPS) is 16.7. The van der Waals surface area contributed by atoms with Crippen LogP contribution < -0.4 is 10.5 Å². The maximum absolute atomic E-state index is 11.4. The number of ether oxygens (including phenoxy) is 1. The first-order valence-corrected chi connectivity index (χ1v) is 6.22. The highest BCUT2D eigenvalue weighted by atomic mass is 16.5. The van der Waals surface area contributed by atoms with E-state index < -0.39 is 11.5 Å². The Balaban J connectivity index is 2.37. The lowest BCUT2D eigenvalue weighted by molar-refractivity contribution is 0.0993. The SMILES string of the molecule is CC(C)Oc1c(CC2(O)CC2)cccc1C(N)=O. The van der Waals surface area contributed by atoms with Gasteiger partial charge in [0, 0.05) is 6.42 Å². The molecule has 0 spiro atoms. The Labute approximate surface area is 107 Å². The number of rotatable bonds is 5. The summed E-state index contributed by atoms with van der Waals surface area (Å²) >= 11 is 0. The molecular formula is C14H19NO3. The number of amides is 1. The molecule has 1 amide bonds. The average Bonchev–Trinajstić information content (AvgIpc) is 2.98. The van der Waals surface area contributed by atoms with Gasteiger partial charge in [-0.15, -0.1) is 0 Å². The summed E-state index contributed by atoms with van der Waals surface area (Å²) in [4.78, 5) is 11.4. The Bertz CT molecular complexity index is 464. The van der Waals surface area contributed by atoms with Crippen molar-refractivity contribution in [3.63, 3.8) is 0 Å². The van der Waals surface area contributed by atoms with Gasteiger partial charge in [0.25, 0.3) is 5.91 Å². The highest BCUT2D eigenvalue weighted by molar-refractivity contribution is 5.96. The molecule has 0 atom stereocenters. The van der Waals surface area contributed by atoms with Crippen molar-refractivity contribution in [2.45, 2.75) is 44.8 Å². The minimum absolute atomic E-state index is 0.0434. The zero-order valence-electron chi connectivity index (χ0n) is 10.8. The summed E-state index contributed by atoms with van der Waals surface area (Å²) in [5, 5.41) is 10.00. The van der Waals surface area contributed by atoms with Gasteiger partial charge < -0.3 is 15.6 Å². The molecule has 1 aliphatic rings. The van der Waals surface area contributed by atoms with E-state index in [0.717, 1.165) is 18.4 Å². The number of benzene rings is 1. The third-order valence-electron chi connectivity index (χ3n) is 3.06. The van der Waals surface area contributed by atoms with E-state index in [-0.39, 0.29) is 6.10 Å². The largest absolute Gasteiger partial charge is 0.490 e. The second-order valence-electron chi connectivity index (χ2n) is 5.23. The molecule has 1 aromatic rings. The van der Waals surface area contributed by atoms with Crippen molar-refractivity contribution < 1.29 is 14.6 Å². The molecule has 0 aromatic heterocycles. The third kappa shape index (κ3) is 2.82. The number of carbonyl (C=O) groups is 1. The molecule has 0 radical (unpaired) electrons. The first-order valence-electron chi connectivity index (χ1n) is 6.22. The molecule has 0 unspecified atom stereocenters. The van der Waals surface area contributed by atoms with Gasteiger partial charge in [-0.3, -0.25) is 4.79 Å². The molecule has 0 heterocycles. The minimum Gasteiger partial charge on any atom is -0.490 e. The van der Waals surface area contributed by atoms with Crippen LogP contribution in [0.2, 0.25) is 0 Å². The minimum atomic E-state index is -0.620. The van der Waals surface area contributed by atoms with E-state index in [2.05, 4.69) is 0 Å².